The van der Waals surface area contributed by atoms with Crippen LogP contribution in [0.25, 0.3) is 5.76 Å². The van der Waals surface area contributed by atoms with Crippen molar-refractivity contribution in [3.05, 3.63) is 105 Å². The number of aliphatic hydroxyl groups is 1. The van der Waals surface area contributed by atoms with E-state index < -0.39 is 23.5 Å². The van der Waals surface area contributed by atoms with Crippen LogP contribution in [0.1, 0.15) is 28.3 Å². The third-order valence-electron chi connectivity index (χ3n) is 5.58. The monoisotopic (exact) mass is 465 g/mol. The minimum absolute atomic E-state index is 0.0618. The molecular formula is C26H21ClFNO4. The fourth-order valence-electron chi connectivity index (χ4n) is 4.03. The average molecular weight is 466 g/mol. The van der Waals surface area contributed by atoms with E-state index >= 15 is 0 Å². The van der Waals surface area contributed by atoms with Crippen LogP contribution in [-0.4, -0.2) is 28.8 Å². The van der Waals surface area contributed by atoms with Crippen LogP contribution in [-0.2, 0) is 16.1 Å². The first-order valence-electron chi connectivity index (χ1n) is 10.2. The molecular weight excluding hydrogens is 445 g/mol. The summed E-state index contributed by atoms with van der Waals surface area (Å²) in [4.78, 5) is 27.7. The van der Waals surface area contributed by atoms with Crippen LogP contribution in [0.3, 0.4) is 0 Å². The molecule has 0 spiro atoms. The summed E-state index contributed by atoms with van der Waals surface area (Å²) >= 11 is 6.13. The SMILES string of the molecule is COc1ccc(Cl)cc1/C(O)=C1\C(=O)C(=O)N(Cc2ccc(F)cc2)C1c1cccc(C)c1. The zero-order valence-electron chi connectivity index (χ0n) is 18.0. The summed E-state index contributed by atoms with van der Waals surface area (Å²) in [6.07, 6.45) is 0. The number of methoxy groups -OCH3 is 1. The molecule has 168 valence electrons. The smallest absolute Gasteiger partial charge is 0.295 e. The van der Waals surface area contributed by atoms with Crippen molar-refractivity contribution < 1.29 is 23.8 Å². The van der Waals surface area contributed by atoms with E-state index in [1.807, 2.05) is 25.1 Å². The summed E-state index contributed by atoms with van der Waals surface area (Å²) in [6, 6.07) is 16.9. The van der Waals surface area contributed by atoms with Gasteiger partial charge < -0.3 is 14.7 Å². The molecule has 0 radical (unpaired) electrons. The van der Waals surface area contributed by atoms with Crippen molar-refractivity contribution in [3.8, 4) is 5.75 Å². The van der Waals surface area contributed by atoms with Crippen molar-refractivity contribution in [1.82, 2.24) is 4.90 Å². The van der Waals surface area contributed by atoms with E-state index in [4.69, 9.17) is 16.3 Å². The number of hydrogen-bond acceptors (Lipinski definition) is 4. The number of carbonyl (C=O) groups excluding carboxylic acids is 2. The van der Waals surface area contributed by atoms with Crippen LogP contribution in [0, 0.1) is 12.7 Å². The average Bonchev–Trinajstić information content (AvgIpc) is 3.05. The fraction of sp³-hybridized carbons (Fsp3) is 0.154. The highest BCUT2D eigenvalue weighted by Gasteiger charge is 2.46. The van der Waals surface area contributed by atoms with Gasteiger partial charge in [-0.25, -0.2) is 4.39 Å². The molecule has 7 heteroatoms. The van der Waals surface area contributed by atoms with Gasteiger partial charge in [0.25, 0.3) is 11.7 Å². The van der Waals surface area contributed by atoms with Gasteiger partial charge in [-0.05, 0) is 48.4 Å². The van der Waals surface area contributed by atoms with Crippen LogP contribution in [0.15, 0.2) is 72.3 Å². The molecule has 4 rings (SSSR count). The summed E-state index contributed by atoms with van der Waals surface area (Å²) in [7, 11) is 1.44. The van der Waals surface area contributed by atoms with Gasteiger partial charge in [-0.2, -0.15) is 0 Å². The molecule has 0 saturated carbocycles. The molecule has 1 saturated heterocycles. The first kappa shape index (κ1) is 22.6. The van der Waals surface area contributed by atoms with Crippen molar-refractivity contribution >= 4 is 29.1 Å². The number of hydrogen-bond donors (Lipinski definition) is 1. The highest BCUT2D eigenvalue weighted by Crippen LogP contribution is 2.42. The van der Waals surface area contributed by atoms with Crippen LogP contribution < -0.4 is 4.74 Å². The number of carbonyl (C=O) groups is 2. The van der Waals surface area contributed by atoms with Gasteiger partial charge in [0.15, 0.2) is 0 Å². The van der Waals surface area contributed by atoms with Crippen molar-refractivity contribution in [2.45, 2.75) is 19.5 Å². The predicted octanol–water partition coefficient (Wildman–Crippen LogP) is 5.42. The van der Waals surface area contributed by atoms with Crippen molar-refractivity contribution in [1.29, 1.82) is 0 Å². The molecule has 0 bridgehead atoms. The second kappa shape index (κ2) is 9.08. The predicted molar refractivity (Wildman–Crippen MR) is 123 cm³/mol. The molecule has 3 aromatic rings. The summed E-state index contributed by atoms with van der Waals surface area (Å²) in [5.41, 5.74) is 2.39. The minimum Gasteiger partial charge on any atom is -0.507 e. The van der Waals surface area contributed by atoms with Gasteiger partial charge in [-0.3, -0.25) is 9.59 Å². The molecule has 1 aliphatic rings. The molecule has 1 N–H and O–H groups in total. The summed E-state index contributed by atoms with van der Waals surface area (Å²) in [6.45, 7) is 1.96. The van der Waals surface area contributed by atoms with Gasteiger partial charge in [0.1, 0.15) is 17.3 Å². The maximum Gasteiger partial charge on any atom is 0.295 e. The number of likely N-dealkylation sites (tertiary alicyclic amines) is 1. The molecule has 5 nitrogen and oxygen atoms in total. The van der Waals surface area contributed by atoms with E-state index in [1.54, 1.807) is 30.3 Å². The molecule has 1 unspecified atom stereocenters. The largest absolute Gasteiger partial charge is 0.507 e. The lowest BCUT2D eigenvalue weighted by molar-refractivity contribution is -0.140. The van der Waals surface area contributed by atoms with Crippen molar-refractivity contribution in [2.24, 2.45) is 0 Å². The number of amides is 1. The Morgan fingerprint density at radius 2 is 1.82 bits per heavy atom. The number of benzene rings is 3. The Hall–Kier alpha value is -3.64. The Morgan fingerprint density at radius 3 is 2.48 bits per heavy atom. The normalized spacial score (nSPS) is 17.5. The number of nitrogens with zero attached hydrogens (tertiary/aromatic N) is 1. The molecule has 1 aliphatic heterocycles. The lowest BCUT2D eigenvalue weighted by Crippen LogP contribution is -2.29. The highest BCUT2D eigenvalue weighted by atomic mass is 35.5. The van der Waals surface area contributed by atoms with Crippen LogP contribution in [0.4, 0.5) is 4.39 Å². The van der Waals surface area contributed by atoms with E-state index in [0.29, 0.717) is 21.9 Å². The van der Waals surface area contributed by atoms with Gasteiger partial charge in [0.05, 0.1) is 24.3 Å². The van der Waals surface area contributed by atoms with Crippen LogP contribution in [0.5, 0.6) is 5.75 Å². The third kappa shape index (κ3) is 4.34. The quantitative estimate of drug-likeness (QED) is 0.310. The molecule has 33 heavy (non-hydrogen) atoms. The van der Waals surface area contributed by atoms with Gasteiger partial charge in [0, 0.05) is 11.6 Å². The fourth-order valence-corrected chi connectivity index (χ4v) is 4.20. The van der Waals surface area contributed by atoms with E-state index in [2.05, 4.69) is 0 Å². The molecule has 1 atom stereocenters. The van der Waals surface area contributed by atoms with Crippen LogP contribution >= 0.6 is 11.6 Å². The van der Waals surface area contributed by atoms with E-state index in [0.717, 1.165) is 5.56 Å². The molecule has 3 aromatic carbocycles. The van der Waals surface area contributed by atoms with E-state index in [9.17, 15) is 19.1 Å². The molecule has 1 heterocycles. The number of ketones is 1. The topological polar surface area (TPSA) is 66.8 Å². The second-order valence-corrected chi connectivity index (χ2v) is 8.25. The lowest BCUT2D eigenvalue weighted by Gasteiger charge is -2.26. The van der Waals surface area contributed by atoms with Crippen molar-refractivity contribution in [3.63, 3.8) is 0 Å². The maximum absolute atomic E-state index is 13.4. The first-order valence-corrected chi connectivity index (χ1v) is 10.6. The van der Waals surface area contributed by atoms with E-state index in [1.165, 1.54) is 30.2 Å². The number of Topliss-reactive ketones (excluding diaryl/α,β-unsaturated/α-hetero) is 1. The minimum atomic E-state index is -0.848. The number of halogens is 2. The Kier molecular flexibility index (Phi) is 6.20. The number of ether oxygens (including phenoxy) is 1. The number of aliphatic hydroxyl groups excluding tert-OH is 1. The zero-order valence-corrected chi connectivity index (χ0v) is 18.8. The van der Waals surface area contributed by atoms with Gasteiger partial charge in [-0.1, -0.05) is 53.6 Å². The summed E-state index contributed by atoms with van der Waals surface area (Å²) in [5, 5.41) is 11.6. The molecule has 1 fully saturated rings. The summed E-state index contributed by atoms with van der Waals surface area (Å²) < 4.78 is 18.7. The molecule has 0 aliphatic carbocycles. The van der Waals surface area contributed by atoms with Crippen LogP contribution in [0.2, 0.25) is 5.02 Å². The first-order chi connectivity index (χ1) is 15.8. The van der Waals surface area contributed by atoms with E-state index in [-0.39, 0.29) is 23.4 Å². The number of rotatable bonds is 5. The van der Waals surface area contributed by atoms with Gasteiger partial charge in [0.2, 0.25) is 0 Å². The zero-order chi connectivity index (χ0) is 23.7. The highest BCUT2D eigenvalue weighted by molar-refractivity contribution is 6.46. The Labute approximate surface area is 195 Å². The Morgan fingerprint density at radius 1 is 1.09 bits per heavy atom. The Bertz CT molecular complexity index is 1270. The Balaban J connectivity index is 1.90. The molecule has 0 aromatic heterocycles. The maximum atomic E-state index is 13.4. The molecule has 1 amide bonds. The number of aryl methyl sites for hydroxylation is 1. The van der Waals surface area contributed by atoms with Crippen molar-refractivity contribution in [2.75, 3.05) is 7.11 Å². The standard InChI is InChI=1S/C26H21ClFNO4/c1-15-4-3-5-17(12-15)23-22(24(30)20-13-18(27)8-11-21(20)33-2)25(31)26(32)29(23)14-16-6-9-19(28)10-7-16/h3-13,23,30H,14H2,1-2H3/b24-22+. The lowest BCUT2D eigenvalue weighted by atomic mass is 9.94. The third-order valence-corrected chi connectivity index (χ3v) is 5.82. The summed E-state index contributed by atoms with van der Waals surface area (Å²) in [5.74, 6) is -2.04. The van der Waals surface area contributed by atoms with Gasteiger partial charge in [-0.15, -0.1) is 0 Å². The van der Waals surface area contributed by atoms with Gasteiger partial charge >= 0.3 is 0 Å². The second-order valence-electron chi connectivity index (χ2n) is 7.81.